The van der Waals surface area contributed by atoms with E-state index in [9.17, 15) is 4.79 Å². The average Bonchev–Trinajstić information content (AvgIpc) is 3.44. The number of amides is 1. The molecule has 236 valence electrons. The van der Waals surface area contributed by atoms with Crippen molar-refractivity contribution in [1.82, 2.24) is 14.7 Å². The van der Waals surface area contributed by atoms with Gasteiger partial charge in [-0.05, 0) is 79.5 Å². The van der Waals surface area contributed by atoms with Gasteiger partial charge in [-0.2, -0.15) is 5.10 Å². The van der Waals surface area contributed by atoms with Gasteiger partial charge in [-0.1, -0.05) is 132 Å². The molecule has 1 fully saturated rings. The molecule has 1 saturated heterocycles. The second-order valence-corrected chi connectivity index (χ2v) is 13.4. The lowest BCUT2D eigenvalue weighted by molar-refractivity contribution is -0.121. The molecule has 0 unspecified atom stereocenters. The first kappa shape index (κ1) is 31.5. The number of hydrogen-bond donors (Lipinski definition) is 1. The Morgan fingerprint density at radius 3 is 1.77 bits per heavy atom. The molecule has 0 aliphatic carbocycles. The number of benzene rings is 5. The number of likely N-dealkylation sites (tertiary alicyclic amines) is 1. The zero-order chi connectivity index (χ0) is 32.5. The Balaban J connectivity index is 1.51. The first-order valence-electron chi connectivity index (χ1n) is 15.7. The molecule has 6 aromatic rings. The summed E-state index contributed by atoms with van der Waals surface area (Å²) in [5.74, 6) is 0.360. The number of carbonyl (C=O) groups is 1. The van der Waals surface area contributed by atoms with Crippen LogP contribution in [0.3, 0.4) is 0 Å². The normalized spacial score (nSPS) is 14.4. The van der Waals surface area contributed by atoms with Gasteiger partial charge in [-0.3, -0.25) is 4.79 Å². The fourth-order valence-corrected chi connectivity index (χ4v) is 7.87. The third kappa shape index (κ3) is 5.83. The quantitative estimate of drug-likeness (QED) is 0.171. The summed E-state index contributed by atoms with van der Waals surface area (Å²) in [6, 6.07) is 40.5. The first-order chi connectivity index (χ1) is 22.9. The maximum atomic E-state index is 13.9. The van der Waals surface area contributed by atoms with E-state index < -0.39 is 5.54 Å². The number of nitrogens with one attached hydrogen (secondary N) is 1. The number of rotatable bonds is 7. The number of fused-ring (bicyclic) bond motifs is 1. The number of anilines is 1. The number of aromatic nitrogens is 2. The van der Waals surface area contributed by atoms with Crippen LogP contribution in [0, 0.1) is 5.92 Å². The molecule has 2 heterocycles. The molecule has 1 aromatic heterocycles. The van der Waals surface area contributed by atoms with Gasteiger partial charge in [-0.15, -0.1) is 0 Å². The molecule has 1 N–H and O–H groups in total. The maximum Gasteiger partial charge on any atom is 0.228 e. The molecule has 1 amide bonds. The van der Waals surface area contributed by atoms with E-state index in [-0.39, 0.29) is 11.8 Å². The summed E-state index contributed by atoms with van der Waals surface area (Å²) in [7, 11) is 2.09. The summed E-state index contributed by atoms with van der Waals surface area (Å²) in [4.78, 5) is 16.1. The van der Waals surface area contributed by atoms with Gasteiger partial charge in [-0.25, -0.2) is 4.68 Å². The Labute approximate surface area is 289 Å². The van der Waals surface area contributed by atoms with Crippen molar-refractivity contribution >= 4 is 57.4 Å². The van der Waals surface area contributed by atoms with E-state index in [1.807, 2.05) is 72.8 Å². The van der Waals surface area contributed by atoms with Crippen molar-refractivity contribution < 1.29 is 4.79 Å². The van der Waals surface area contributed by atoms with Crippen molar-refractivity contribution in [2.24, 2.45) is 5.92 Å². The lowest BCUT2D eigenvalue weighted by Crippen LogP contribution is -2.39. The van der Waals surface area contributed by atoms with E-state index in [4.69, 9.17) is 39.9 Å². The van der Waals surface area contributed by atoms with Crippen LogP contribution in [0.2, 0.25) is 15.1 Å². The van der Waals surface area contributed by atoms with Gasteiger partial charge in [0.15, 0.2) is 5.82 Å². The van der Waals surface area contributed by atoms with Crippen LogP contribution in [0.25, 0.3) is 22.0 Å². The van der Waals surface area contributed by atoms with E-state index >= 15 is 0 Å². The highest BCUT2D eigenvalue weighted by molar-refractivity contribution is 6.41. The zero-order valence-corrected chi connectivity index (χ0v) is 28.1. The predicted molar refractivity (Wildman–Crippen MR) is 194 cm³/mol. The predicted octanol–water partition coefficient (Wildman–Crippen LogP) is 9.78. The maximum absolute atomic E-state index is 13.9. The van der Waals surface area contributed by atoms with Gasteiger partial charge in [0, 0.05) is 21.9 Å². The molecular formula is C39H33Cl3N4O. The molecule has 1 aliphatic rings. The molecule has 8 heteroatoms. The van der Waals surface area contributed by atoms with Crippen molar-refractivity contribution in [1.29, 1.82) is 0 Å². The van der Waals surface area contributed by atoms with Crippen LogP contribution >= 0.6 is 34.8 Å². The molecule has 47 heavy (non-hydrogen) atoms. The van der Waals surface area contributed by atoms with E-state index in [1.54, 1.807) is 12.1 Å². The molecule has 0 radical (unpaired) electrons. The van der Waals surface area contributed by atoms with Gasteiger partial charge in [0.25, 0.3) is 0 Å². The fraction of sp³-hybridized carbons (Fsp3) is 0.179. The summed E-state index contributed by atoms with van der Waals surface area (Å²) in [6.45, 7) is 1.76. The van der Waals surface area contributed by atoms with Crippen LogP contribution in [0.1, 0.15) is 29.5 Å². The summed E-state index contributed by atoms with van der Waals surface area (Å²) >= 11 is 19.7. The van der Waals surface area contributed by atoms with E-state index in [2.05, 4.69) is 58.3 Å². The van der Waals surface area contributed by atoms with Crippen LogP contribution < -0.4 is 5.32 Å². The Hall–Kier alpha value is -4.13. The van der Waals surface area contributed by atoms with Crippen molar-refractivity contribution in [2.45, 2.75) is 18.4 Å². The van der Waals surface area contributed by atoms with Gasteiger partial charge in [0.1, 0.15) is 5.54 Å². The number of halogens is 3. The van der Waals surface area contributed by atoms with Crippen molar-refractivity contribution in [3.05, 3.63) is 153 Å². The summed E-state index contributed by atoms with van der Waals surface area (Å²) in [6.07, 6.45) is 1.59. The average molecular weight is 680 g/mol. The standard InChI is InChI=1S/C39H33Cl3N4O/c1-45-21-19-26(20-22-45)38(47)43-37-32-23-27(36-33(41)24-31(40)25-34(36)42)17-18-35(32)46(44-37)39(28-11-5-2-6-12-28,29-13-7-3-8-14-29)30-15-9-4-10-16-30/h2-18,23-26H,19-22H2,1H3,(H,43,44,47). The summed E-state index contributed by atoms with van der Waals surface area (Å²) in [5.41, 5.74) is 4.51. The lowest BCUT2D eigenvalue weighted by atomic mass is 9.77. The smallest absolute Gasteiger partial charge is 0.228 e. The molecule has 0 spiro atoms. The third-order valence-corrected chi connectivity index (χ3v) is 10.0. The van der Waals surface area contributed by atoms with E-state index in [0.29, 0.717) is 26.4 Å². The molecule has 0 bridgehead atoms. The molecule has 5 aromatic carbocycles. The van der Waals surface area contributed by atoms with Crippen molar-refractivity contribution in [3.8, 4) is 11.1 Å². The van der Waals surface area contributed by atoms with E-state index in [1.165, 1.54) is 0 Å². The van der Waals surface area contributed by atoms with Crippen LogP contribution in [-0.4, -0.2) is 40.7 Å². The van der Waals surface area contributed by atoms with Crippen molar-refractivity contribution in [2.75, 3.05) is 25.5 Å². The monoisotopic (exact) mass is 678 g/mol. The SMILES string of the molecule is CN1CCC(C(=O)Nc2nn(C(c3ccccc3)(c3ccccc3)c3ccccc3)c3ccc(-c4c(Cl)cc(Cl)cc4Cl)cc23)CC1. The zero-order valence-electron chi connectivity index (χ0n) is 25.8. The number of hydrogen-bond acceptors (Lipinski definition) is 3. The Morgan fingerprint density at radius 1 is 0.745 bits per heavy atom. The Bertz CT molecular complexity index is 1920. The van der Waals surface area contributed by atoms with Crippen LogP contribution in [0.5, 0.6) is 0 Å². The highest BCUT2D eigenvalue weighted by Crippen LogP contribution is 2.45. The number of carbonyl (C=O) groups excluding carboxylic acids is 1. The van der Waals surface area contributed by atoms with Crippen LogP contribution in [0.15, 0.2) is 121 Å². The topological polar surface area (TPSA) is 50.2 Å². The minimum atomic E-state index is -0.879. The third-order valence-electron chi connectivity index (χ3n) is 9.20. The molecular weight excluding hydrogens is 647 g/mol. The first-order valence-corrected chi connectivity index (χ1v) is 16.8. The number of nitrogens with zero attached hydrogens (tertiary/aromatic N) is 3. The van der Waals surface area contributed by atoms with Gasteiger partial charge in [0.2, 0.25) is 5.91 Å². The fourth-order valence-electron chi connectivity index (χ4n) is 6.83. The van der Waals surface area contributed by atoms with Gasteiger partial charge < -0.3 is 10.2 Å². The molecule has 1 aliphatic heterocycles. The van der Waals surface area contributed by atoms with Crippen LogP contribution in [0.4, 0.5) is 5.82 Å². The van der Waals surface area contributed by atoms with E-state index in [0.717, 1.165) is 59.1 Å². The van der Waals surface area contributed by atoms with Gasteiger partial charge >= 0.3 is 0 Å². The van der Waals surface area contributed by atoms with Crippen molar-refractivity contribution in [3.63, 3.8) is 0 Å². The molecule has 0 atom stereocenters. The highest BCUT2D eigenvalue weighted by Gasteiger charge is 2.41. The van der Waals surface area contributed by atoms with Gasteiger partial charge in [0.05, 0.1) is 15.6 Å². The molecule has 5 nitrogen and oxygen atoms in total. The second-order valence-electron chi connectivity index (χ2n) is 12.1. The minimum Gasteiger partial charge on any atom is -0.308 e. The lowest BCUT2D eigenvalue weighted by Gasteiger charge is -2.37. The minimum absolute atomic E-state index is 0.0256. The Morgan fingerprint density at radius 2 is 1.26 bits per heavy atom. The largest absolute Gasteiger partial charge is 0.308 e. The number of piperidine rings is 1. The van der Waals surface area contributed by atoms with Crippen LogP contribution in [-0.2, 0) is 10.3 Å². The summed E-state index contributed by atoms with van der Waals surface area (Å²) < 4.78 is 2.06. The molecule has 7 rings (SSSR count). The Kier molecular flexibility index (Phi) is 8.82. The second kappa shape index (κ2) is 13.2. The summed E-state index contributed by atoms with van der Waals surface area (Å²) in [5, 5.41) is 10.7. The highest BCUT2D eigenvalue weighted by atomic mass is 35.5. The molecule has 0 saturated carbocycles.